The molecule has 0 amide bonds. The van der Waals surface area contributed by atoms with Crippen LogP contribution in [-0.2, 0) is 6.42 Å². The van der Waals surface area contributed by atoms with Gasteiger partial charge in [-0.1, -0.05) is 12.1 Å². The van der Waals surface area contributed by atoms with Gasteiger partial charge in [-0.2, -0.15) is 0 Å². The fourth-order valence-corrected chi connectivity index (χ4v) is 1.92. The molecule has 1 fully saturated rings. The Hall–Kier alpha value is -1.92. The summed E-state index contributed by atoms with van der Waals surface area (Å²) in [6.45, 7) is 0.502. The number of alkyl halides is 3. The maximum absolute atomic E-state index is 12.0. The second-order valence-corrected chi connectivity index (χ2v) is 5.02. The van der Waals surface area contributed by atoms with Gasteiger partial charge in [-0.25, -0.2) is 0 Å². The molecule has 2 rings (SSSR count). The van der Waals surface area contributed by atoms with Crippen LogP contribution >= 0.6 is 0 Å². The number of halogens is 3. The first-order valence-corrected chi connectivity index (χ1v) is 6.72. The molecule has 0 unspecified atom stereocenters. The van der Waals surface area contributed by atoms with E-state index >= 15 is 0 Å². The number of ether oxygens (including phenoxy) is 1. The average molecular weight is 301 g/mol. The van der Waals surface area contributed by atoms with Gasteiger partial charge < -0.3 is 15.4 Å². The van der Waals surface area contributed by atoms with Gasteiger partial charge in [0, 0.05) is 19.6 Å². The van der Waals surface area contributed by atoms with E-state index in [9.17, 15) is 13.2 Å². The quantitative estimate of drug-likeness (QED) is 0.671. The van der Waals surface area contributed by atoms with Crippen molar-refractivity contribution in [3.8, 4) is 5.75 Å². The second-order valence-electron chi connectivity index (χ2n) is 5.02. The lowest BCUT2D eigenvalue weighted by atomic mass is 10.1. The minimum atomic E-state index is -4.66. The van der Waals surface area contributed by atoms with Gasteiger partial charge in [-0.3, -0.25) is 4.99 Å². The third-order valence-electron chi connectivity index (χ3n) is 3.29. The summed E-state index contributed by atoms with van der Waals surface area (Å²) in [6.07, 6.45) is -1.75. The Morgan fingerprint density at radius 3 is 2.48 bits per heavy atom. The molecule has 0 aromatic heterocycles. The maximum atomic E-state index is 12.0. The van der Waals surface area contributed by atoms with Crippen molar-refractivity contribution >= 4 is 5.96 Å². The van der Waals surface area contributed by atoms with Crippen LogP contribution < -0.4 is 10.5 Å². The molecule has 2 N–H and O–H groups in total. The summed E-state index contributed by atoms with van der Waals surface area (Å²) in [7, 11) is 1.92. The highest BCUT2D eigenvalue weighted by Crippen LogP contribution is 2.25. The van der Waals surface area contributed by atoms with Gasteiger partial charge >= 0.3 is 6.36 Å². The molecular weight excluding hydrogens is 283 g/mol. The number of nitrogens with two attached hydrogens (primary N) is 1. The van der Waals surface area contributed by atoms with Gasteiger partial charge in [0.15, 0.2) is 5.96 Å². The van der Waals surface area contributed by atoms with Crippen molar-refractivity contribution in [1.82, 2.24) is 4.90 Å². The Kier molecular flexibility index (Phi) is 4.59. The van der Waals surface area contributed by atoms with E-state index in [2.05, 4.69) is 9.73 Å². The zero-order chi connectivity index (χ0) is 15.5. The van der Waals surface area contributed by atoms with Crippen molar-refractivity contribution in [3.63, 3.8) is 0 Å². The number of hydrogen-bond acceptors (Lipinski definition) is 2. The van der Waals surface area contributed by atoms with Crippen molar-refractivity contribution in [2.45, 2.75) is 31.7 Å². The van der Waals surface area contributed by atoms with Crippen LogP contribution in [0.15, 0.2) is 29.3 Å². The van der Waals surface area contributed by atoms with E-state index in [0.717, 1.165) is 18.4 Å². The van der Waals surface area contributed by atoms with E-state index in [1.807, 2.05) is 11.9 Å². The van der Waals surface area contributed by atoms with E-state index in [0.29, 0.717) is 25.0 Å². The van der Waals surface area contributed by atoms with Crippen LogP contribution in [0.25, 0.3) is 0 Å². The number of benzene rings is 1. The molecule has 116 valence electrons. The minimum Gasteiger partial charge on any atom is -0.406 e. The Morgan fingerprint density at radius 2 is 1.95 bits per heavy atom. The first-order chi connectivity index (χ1) is 9.85. The molecule has 0 atom stereocenters. The van der Waals surface area contributed by atoms with Crippen LogP contribution in [0.1, 0.15) is 18.4 Å². The molecule has 1 aromatic carbocycles. The van der Waals surface area contributed by atoms with Crippen LogP contribution in [0.5, 0.6) is 5.75 Å². The number of hydrogen-bond donors (Lipinski definition) is 1. The average Bonchev–Trinajstić information content (AvgIpc) is 3.22. The topological polar surface area (TPSA) is 50.8 Å². The van der Waals surface area contributed by atoms with Crippen molar-refractivity contribution in [3.05, 3.63) is 29.8 Å². The maximum Gasteiger partial charge on any atom is 0.573 e. The third-order valence-corrected chi connectivity index (χ3v) is 3.29. The van der Waals surface area contributed by atoms with Crippen LogP contribution in [0.3, 0.4) is 0 Å². The standard InChI is InChI=1S/C14H18F3N3O/c1-20(11-4-5-11)13(18)19-9-8-10-2-6-12(7-3-10)21-14(15,16)17/h2-3,6-7,11H,4-5,8-9H2,1H3,(H2,18,19). The summed E-state index contributed by atoms with van der Waals surface area (Å²) in [6, 6.07) is 6.29. The molecule has 4 nitrogen and oxygen atoms in total. The van der Waals surface area contributed by atoms with Gasteiger partial charge in [0.1, 0.15) is 5.75 Å². The molecular formula is C14H18F3N3O. The van der Waals surface area contributed by atoms with Crippen molar-refractivity contribution in [2.75, 3.05) is 13.6 Å². The highest BCUT2D eigenvalue weighted by atomic mass is 19.4. The molecule has 1 aliphatic carbocycles. The summed E-state index contributed by atoms with van der Waals surface area (Å²) < 4.78 is 39.9. The van der Waals surface area contributed by atoms with E-state index in [1.165, 1.54) is 12.1 Å². The molecule has 7 heteroatoms. The SMILES string of the molecule is CN(C(N)=NCCc1ccc(OC(F)(F)F)cc1)C1CC1. The van der Waals surface area contributed by atoms with Crippen LogP contribution in [-0.4, -0.2) is 36.9 Å². The van der Waals surface area contributed by atoms with E-state index in [-0.39, 0.29) is 5.75 Å². The van der Waals surface area contributed by atoms with Crippen LogP contribution in [0.2, 0.25) is 0 Å². The lowest BCUT2D eigenvalue weighted by Gasteiger charge is -2.16. The summed E-state index contributed by atoms with van der Waals surface area (Å²) in [4.78, 5) is 6.23. The summed E-state index contributed by atoms with van der Waals surface area (Å²) >= 11 is 0. The molecule has 0 heterocycles. The van der Waals surface area contributed by atoms with Gasteiger partial charge in [0.2, 0.25) is 0 Å². The second kappa shape index (κ2) is 6.24. The largest absolute Gasteiger partial charge is 0.573 e. The molecule has 1 saturated carbocycles. The minimum absolute atomic E-state index is 0.220. The molecule has 21 heavy (non-hydrogen) atoms. The molecule has 0 radical (unpaired) electrons. The number of aliphatic imine (C=N–C) groups is 1. The first-order valence-electron chi connectivity index (χ1n) is 6.72. The Balaban J connectivity index is 1.82. The van der Waals surface area contributed by atoms with Crippen LogP contribution in [0, 0.1) is 0 Å². The van der Waals surface area contributed by atoms with Gasteiger partial charge in [0.25, 0.3) is 0 Å². The zero-order valence-electron chi connectivity index (χ0n) is 11.7. The highest BCUT2D eigenvalue weighted by molar-refractivity contribution is 5.78. The fraction of sp³-hybridized carbons (Fsp3) is 0.500. The number of rotatable bonds is 5. The molecule has 1 aliphatic rings. The summed E-state index contributed by atoms with van der Waals surface area (Å²) in [5.41, 5.74) is 6.73. The predicted octanol–water partition coefficient (Wildman–Crippen LogP) is 2.54. The van der Waals surface area contributed by atoms with Gasteiger partial charge in [-0.15, -0.1) is 13.2 Å². The Morgan fingerprint density at radius 1 is 1.33 bits per heavy atom. The molecule has 0 bridgehead atoms. The normalized spacial score (nSPS) is 15.9. The van der Waals surface area contributed by atoms with E-state index < -0.39 is 6.36 Å². The Labute approximate surface area is 121 Å². The van der Waals surface area contributed by atoms with Crippen molar-refractivity contribution in [2.24, 2.45) is 10.7 Å². The van der Waals surface area contributed by atoms with Crippen molar-refractivity contribution in [1.29, 1.82) is 0 Å². The summed E-state index contributed by atoms with van der Waals surface area (Å²) in [5, 5.41) is 0. The first kappa shape index (κ1) is 15.5. The fourth-order valence-electron chi connectivity index (χ4n) is 1.92. The molecule has 0 aliphatic heterocycles. The van der Waals surface area contributed by atoms with Crippen LogP contribution in [0.4, 0.5) is 13.2 Å². The predicted molar refractivity (Wildman–Crippen MR) is 74.1 cm³/mol. The molecule has 0 spiro atoms. The van der Waals surface area contributed by atoms with Gasteiger partial charge in [0.05, 0.1) is 0 Å². The monoisotopic (exact) mass is 301 g/mol. The van der Waals surface area contributed by atoms with Gasteiger partial charge in [-0.05, 0) is 37.0 Å². The zero-order valence-corrected chi connectivity index (χ0v) is 11.7. The van der Waals surface area contributed by atoms with E-state index in [1.54, 1.807) is 12.1 Å². The summed E-state index contributed by atoms with van der Waals surface area (Å²) in [5.74, 6) is 0.289. The highest BCUT2D eigenvalue weighted by Gasteiger charge is 2.31. The third kappa shape index (κ3) is 5.17. The number of guanidine groups is 1. The lowest BCUT2D eigenvalue weighted by Crippen LogP contribution is -2.35. The van der Waals surface area contributed by atoms with E-state index in [4.69, 9.17) is 5.73 Å². The lowest BCUT2D eigenvalue weighted by molar-refractivity contribution is -0.274. The Bertz CT molecular complexity index is 495. The molecule has 0 saturated heterocycles. The molecule has 1 aromatic rings. The smallest absolute Gasteiger partial charge is 0.406 e. The number of nitrogens with zero attached hydrogens (tertiary/aromatic N) is 2. The van der Waals surface area contributed by atoms with Crippen molar-refractivity contribution < 1.29 is 17.9 Å².